The molecular weight excluding hydrogens is 412 g/mol. The number of unbranched alkanes of at least 4 members (excludes halogenated alkanes) is 1. The molecule has 2 aromatic heterocycles. The van der Waals surface area contributed by atoms with Crippen LogP contribution in [0, 0.1) is 5.92 Å². The Morgan fingerprint density at radius 3 is 2.42 bits per heavy atom. The Kier molecular flexibility index (Phi) is 7.57. The Bertz CT molecular complexity index is 1060. The summed E-state index contributed by atoms with van der Waals surface area (Å²) < 4.78 is 1.90. The number of rotatable bonds is 9. The lowest BCUT2D eigenvalue weighted by Crippen LogP contribution is -2.50. The summed E-state index contributed by atoms with van der Waals surface area (Å²) in [6.07, 6.45) is 7.87. The second-order valence-corrected chi connectivity index (χ2v) is 8.90. The highest BCUT2D eigenvalue weighted by molar-refractivity contribution is 5.88. The van der Waals surface area contributed by atoms with Crippen LogP contribution in [0.15, 0.2) is 36.5 Å². The topological polar surface area (TPSA) is 67.2 Å². The van der Waals surface area contributed by atoms with Crippen LogP contribution in [0.25, 0.3) is 16.7 Å². The predicted octanol–water partition coefficient (Wildman–Crippen LogP) is 4.63. The number of nitrogens with zero attached hydrogens (tertiary/aromatic N) is 6. The van der Waals surface area contributed by atoms with Gasteiger partial charge in [0.15, 0.2) is 5.65 Å². The normalized spacial score (nSPS) is 15.2. The maximum absolute atomic E-state index is 13.1. The van der Waals surface area contributed by atoms with E-state index >= 15 is 0 Å². The van der Waals surface area contributed by atoms with Crippen molar-refractivity contribution in [1.29, 1.82) is 0 Å². The average molecular weight is 449 g/mol. The van der Waals surface area contributed by atoms with Crippen molar-refractivity contribution in [2.24, 2.45) is 5.92 Å². The Hall–Kier alpha value is -2.96. The van der Waals surface area contributed by atoms with E-state index in [2.05, 4.69) is 35.7 Å². The molecule has 1 aliphatic rings. The molecule has 1 aromatic carbocycles. The first-order valence-electron chi connectivity index (χ1n) is 12.5. The molecule has 1 amide bonds. The van der Waals surface area contributed by atoms with Gasteiger partial charge in [-0.05, 0) is 31.4 Å². The summed E-state index contributed by atoms with van der Waals surface area (Å²) in [5.74, 6) is 2.27. The van der Waals surface area contributed by atoms with Crippen molar-refractivity contribution in [3.8, 4) is 5.69 Å². The third-order valence-electron chi connectivity index (χ3n) is 6.57. The van der Waals surface area contributed by atoms with Crippen LogP contribution in [0.2, 0.25) is 0 Å². The van der Waals surface area contributed by atoms with Gasteiger partial charge in [-0.25, -0.2) is 14.6 Å². The monoisotopic (exact) mass is 448 g/mol. The van der Waals surface area contributed by atoms with Crippen molar-refractivity contribution >= 4 is 22.8 Å². The zero-order valence-corrected chi connectivity index (χ0v) is 20.2. The Balaban J connectivity index is 1.57. The summed E-state index contributed by atoms with van der Waals surface area (Å²) in [6, 6.07) is 10.1. The van der Waals surface area contributed by atoms with E-state index in [4.69, 9.17) is 9.97 Å². The zero-order valence-electron chi connectivity index (χ0n) is 20.2. The number of hydrogen-bond donors (Lipinski definition) is 0. The van der Waals surface area contributed by atoms with Gasteiger partial charge in [0, 0.05) is 38.5 Å². The fourth-order valence-corrected chi connectivity index (χ4v) is 4.62. The molecule has 1 saturated heterocycles. The standard InChI is InChI=1S/C26H36N6O/c1-4-7-12-20(6-3)26(33)31-17-15-30(16-18-31)24-22-19-27-32(21-13-9-8-10-14-21)25(22)29-23(28-24)11-5-2/h8-10,13-14,19-20H,4-7,11-12,15-18H2,1-3H3. The maximum atomic E-state index is 13.1. The number of anilines is 1. The third-order valence-corrected chi connectivity index (χ3v) is 6.57. The van der Waals surface area contributed by atoms with Gasteiger partial charge < -0.3 is 9.80 Å². The fraction of sp³-hybridized carbons (Fsp3) is 0.538. The molecule has 1 unspecified atom stereocenters. The van der Waals surface area contributed by atoms with E-state index in [0.717, 1.165) is 93.1 Å². The lowest BCUT2D eigenvalue weighted by molar-refractivity contribution is -0.136. The van der Waals surface area contributed by atoms with Crippen LogP contribution in [0.1, 0.15) is 58.7 Å². The van der Waals surface area contributed by atoms with Crippen LogP contribution in [-0.2, 0) is 11.2 Å². The van der Waals surface area contributed by atoms with Crippen LogP contribution in [-0.4, -0.2) is 56.7 Å². The average Bonchev–Trinajstić information content (AvgIpc) is 3.29. The smallest absolute Gasteiger partial charge is 0.225 e. The number of carbonyl (C=O) groups is 1. The molecule has 176 valence electrons. The molecule has 3 aromatic rings. The van der Waals surface area contributed by atoms with Crippen LogP contribution in [0.4, 0.5) is 5.82 Å². The summed E-state index contributed by atoms with van der Waals surface area (Å²) in [5, 5.41) is 5.62. The number of fused-ring (bicyclic) bond motifs is 1. The number of carbonyl (C=O) groups excluding carboxylic acids is 1. The lowest BCUT2D eigenvalue weighted by Gasteiger charge is -2.37. The second kappa shape index (κ2) is 10.8. The van der Waals surface area contributed by atoms with Gasteiger partial charge in [0.05, 0.1) is 17.3 Å². The van der Waals surface area contributed by atoms with Gasteiger partial charge in [-0.1, -0.05) is 51.8 Å². The number of benzene rings is 1. The molecule has 0 bridgehead atoms. The van der Waals surface area contributed by atoms with Crippen molar-refractivity contribution in [2.45, 2.75) is 59.3 Å². The molecular formula is C26H36N6O. The number of aryl methyl sites for hydroxylation is 1. The number of hydrogen-bond acceptors (Lipinski definition) is 5. The molecule has 33 heavy (non-hydrogen) atoms. The zero-order chi connectivity index (χ0) is 23.2. The largest absolute Gasteiger partial charge is 0.352 e. The minimum atomic E-state index is 0.155. The molecule has 1 aliphatic heterocycles. The predicted molar refractivity (Wildman–Crippen MR) is 133 cm³/mol. The van der Waals surface area contributed by atoms with Crippen molar-refractivity contribution in [3.63, 3.8) is 0 Å². The summed E-state index contributed by atoms with van der Waals surface area (Å²) in [5.41, 5.74) is 1.84. The molecule has 4 rings (SSSR count). The highest BCUT2D eigenvalue weighted by Gasteiger charge is 2.28. The van der Waals surface area contributed by atoms with Crippen LogP contribution < -0.4 is 4.90 Å². The van der Waals surface area contributed by atoms with Crippen LogP contribution >= 0.6 is 0 Å². The minimum Gasteiger partial charge on any atom is -0.352 e. The maximum Gasteiger partial charge on any atom is 0.225 e. The quantitative estimate of drug-likeness (QED) is 0.477. The van der Waals surface area contributed by atoms with Gasteiger partial charge in [-0.2, -0.15) is 5.10 Å². The van der Waals surface area contributed by atoms with Crippen molar-refractivity contribution in [1.82, 2.24) is 24.6 Å². The van der Waals surface area contributed by atoms with Crippen molar-refractivity contribution in [2.75, 3.05) is 31.1 Å². The summed E-state index contributed by atoms with van der Waals surface area (Å²) in [6.45, 7) is 9.51. The van der Waals surface area contributed by atoms with Crippen molar-refractivity contribution < 1.29 is 4.79 Å². The van der Waals surface area contributed by atoms with Gasteiger partial charge in [0.2, 0.25) is 5.91 Å². The molecule has 0 spiro atoms. The van der Waals surface area contributed by atoms with Gasteiger partial charge in [0.1, 0.15) is 11.6 Å². The molecule has 3 heterocycles. The summed E-state index contributed by atoms with van der Waals surface area (Å²) >= 11 is 0. The van der Waals surface area contributed by atoms with E-state index in [1.165, 1.54) is 0 Å². The first-order chi connectivity index (χ1) is 16.2. The first-order valence-corrected chi connectivity index (χ1v) is 12.5. The van der Waals surface area contributed by atoms with Gasteiger partial charge in [0.25, 0.3) is 0 Å². The van der Waals surface area contributed by atoms with E-state index < -0.39 is 0 Å². The lowest BCUT2D eigenvalue weighted by atomic mass is 9.97. The van der Waals surface area contributed by atoms with E-state index in [-0.39, 0.29) is 5.92 Å². The van der Waals surface area contributed by atoms with E-state index in [9.17, 15) is 4.79 Å². The molecule has 7 nitrogen and oxygen atoms in total. The Morgan fingerprint density at radius 1 is 1.00 bits per heavy atom. The summed E-state index contributed by atoms with van der Waals surface area (Å²) in [4.78, 5) is 27.2. The Labute approximate surface area is 196 Å². The SMILES string of the molecule is CCCCC(CC)C(=O)N1CCN(c2nc(CCC)nc3c2cnn3-c2ccccc2)CC1. The highest BCUT2D eigenvalue weighted by Crippen LogP contribution is 2.27. The number of piperazine rings is 1. The number of amides is 1. The van der Waals surface area contributed by atoms with Gasteiger partial charge >= 0.3 is 0 Å². The fourth-order valence-electron chi connectivity index (χ4n) is 4.62. The van der Waals surface area contributed by atoms with E-state index in [1.54, 1.807) is 0 Å². The molecule has 0 radical (unpaired) electrons. The Morgan fingerprint density at radius 2 is 1.76 bits per heavy atom. The van der Waals surface area contributed by atoms with E-state index in [1.807, 2.05) is 41.2 Å². The molecule has 0 aliphatic carbocycles. The molecule has 1 atom stereocenters. The molecule has 0 saturated carbocycles. The first kappa shape index (κ1) is 23.2. The van der Waals surface area contributed by atoms with Crippen LogP contribution in [0.3, 0.4) is 0 Å². The number of aromatic nitrogens is 4. The molecule has 1 fully saturated rings. The van der Waals surface area contributed by atoms with Crippen molar-refractivity contribution in [3.05, 3.63) is 42.4 Å². The molecule has 7 heteroatoms. The summed E-state index contributed by atoms with van der Waals surface area (Å²) in [7, 11) is 0. The third kappa shape index (κ3) is 5.02. The van der Waals surface area contributed by atoms with E-state index in [0.29, 0.717) is 5.91 Å². The second-order valence-electron chi connectivity index (χ2n) is 8.90. The van der Waals surface area contributed by atoms with Gasteiger partial charge in [-0.3, -0.25) is 4.79 Å². The minimum absolute atomic E-state index is 0.155. The molecule has 0 N–H and O–H groups in total. The van der Waals surface area contributed by atoms with Crippen LogP contribution in [0.5, 0.6) is 0 Å². The number of para-hydroxylation sites is 1. The van der Waals surface area contributed by atoms with Gasteiger partial charge in [-0.15, -0.1) is 0 Å². The highest BCUT2D eigenvalue weighted by atomic mass is 16.2.